The maximum absolute atomic E-state index is 10.7. The molecule has 0 saturated carbocycles. The van der Waals surface area contributed by atoms with Gasteiger partial charge >= 0.3 is 0 Å². The zero-order chi connectivity index (χ0) is 7.11. The number of Topliss-reactive ketones (excluding diaryl/α,β-unsaturated/α-hetero) is 1. The molecule has 54 valence electrons. The van der Waals surface area contributed by atoms with Crippen LogP contribution in [0.25, 0.3) is 0 Å². The summed E-state index contributed by atoms with van der Waals surface area (Å²) >= 11 is 0. The smallest absolute Gasteiger partial charge is 0.133 e. The molecule has 3 heteroatoms. The summed E-state index contributed by atoms with van der Waals surface area (Å²) in [4.78, 5) is 10.7. The molecule has 0 N–H and O–H groups in total. The zero-order valence-electron chi connectivity index (χ0n) is 5.85. The van der Waals surface area contributed by atoms with Gasteiger partial charge in [-0.05, 0) is 6.26 Å². The van der Waals surface area contributed by atoms with Crippen molar-refractivity contribution in [2.75, 3.05) is 12.0 Å². The van der Waals surface area contributed by atoms with Gasteiger partial charge in [0.1, 0.15) is 5.78 Å². The fraction of sp³-hybridized carbons (Fsp3) is 0.833. The Hall–Kier alpha value is 0.370. The third kappa shape index (κ3) is 6.25. The Kier molecular flexibility index (Phi) is 6.76. The van der Waals surface area contributed by atoms with Crippen LogP contribution in [0.2, 0.25) is 0 Å². The molecule has 0 unspecified atom stereocenters. The normalized spacial score (nSPS) is 9.56. The van der Waals surface area contributed by atoms with Crippen LogP contribution in [0.4, 0.5) is 0 Å². The van der Waals surface area contributed by atoms with Crippen molar-refractivity contribution in [3.8, 4) is 0 Å². The van der Waals surface area contributed by atoms with E-state index in [0.29, 0.717) is 12.2 Å². The summed E-state index contributed by atoms with van der Waals surface area (Å²) in [5.74, 6) is 1.34. The summed E-state index contributed by atoms with van der Waals surface area (Å²) in [7, 11) is 3.47. The fourth-order valence-electron chi connectivity index (χ4n) is 0.416. The molecular formula is C6H12OS2. The van der Waals surface area contributed by atoms with Crippen LogP contribution < -0.4 is 0 Å². The molecule has 0 atom stereocenters. The van der Waals surface area contributed by atoms with Gasteiger partial charge in [0.2, 0.25) is 0 Å². The number of rotatable bonds is 5. The molecule has 0 aliphatic heterocycles. The first kappa shape index (κ1) is 9.37. The second-order valence-corrected chi connectivity index (χ2v) is 4.32. The molecule has 0 aliphatic rings. The fourth-order valence-corrected chi connectivity index (χ4v) is 1.64. The second kappa shape index (κ2) is 6.49. The monoisotopic (exact) mass is 164 g/mol. The van der Waals surface area contributed by atoms with Gasteiger partial charge in [-0.1, -0.05) is 28.5 Å². The van der Waals surface area contributed by atoms with Crippen LogP contribution >= 0.6 is 21.6 Å². The van der Waals surface area contributed by atoms with E-state index in [1.165, 1.54) is 0 Å². The molecule has 0 amide bonds. The molecule has 1 nitrogen and oxygen atoms in total. The molecule has 0 saturated heterocycles. The van der Waals surface area contributed by atoms with E-state index in [9.17, 15) is 4.79 Å². The Morgan fingerprint density at radius 1 is 1.56 bits per heavy atom. The molecular weight excluding hydrogens is 152 g/mol. The lowest BCUT2D eigenvalue weighted by Gasteiger charge is -1.93. The molecule has 0 aromatic carbocycles. The van der Waals surface area contributed by atoms with Crippen molar-refractivity contribution in [3.63, 3.8) is 0 Å². The van der Waals surface area contributed by atoms with Crippen LogP contribution in [0.5, 0.6) is 0 Å². The first-order valence-electron chi connectivity index (χ1n) is 2.98. The van der Waals surface area contributed by atoms with Crippen LogP contribution in [0.3, 0.4) is 0 Å². The van der Waals surface area contributed by atoms with E-state index in [1.54, 1.807) is 21.6 Å². The van der Waals surface area contributed by atoms with Gasteiger partial charge in [0.15, 0.2) is 0 Å². The largest absolute Gasteiger partial charge is 0.300 e. The summed E-state index contributed by atoms with van der Waals surface area (Å²) in [6.45, 7) is 1.91. The molecule has 9 heavy (non-hydrogen) atoms. The maximum atomic E-state index is 10.7. The Labute approximate surface area is 64.4 Å². The van der Waals surface area contributed by atoms with Gasteiger partial charge in [-0.25, -0.2) is 0 Å². The predicted octanol–water partition coefficient (Wildman–Crippen LogP) is 2.37. The SMILES string of the molecule is CCC(=O)CCSSC. The van der Waals surface area contributed by atoms with Gasteiger partial charge in [0, 0.05) is 18.6 Å². The highest BCUT2D eigenvalue weighted by Crippen LogP contribution is 2.17. The summed E-state index contributed by atoms with van der Waals surface area (Å²) < 4.78 is 0. The van der Waals surface area contributed by atoms with Crippen molar-refractivity contribution in [3.05, 3.63) is 0 Å². The number of carbonyl (C=O) groups excluding carboxylic acids is 1. The molecule has 0 heterocycles. The second-order valence-electron chi connectivity index (χ2n) is 1.63. The lowest BCUT2D eigenvalue weighted by Crippen LogP contribution is -1.95. The first-order valence-corrected chi connectivity index (χ1v) is 5.71. The average molecular weight is 164 g/mol. The van der Waals surface area contributed by atoms with Crippen LogP contribution in [0.15, 0.2) is 0 Å². The molecule has 0 fully saturated rings. The highest BCUT2D eigenvalue weighted by atomic mass is 33.1. The summed E-state index contributed by atoms with van der Waals surface area (Å²) in [5, 5.41) is 0. The maximum Gasteiger partial charge on any atom is 0.133 e. The van der Waals surface area contributed by atoms with Gasteiger partial charge in [-0.15, -0.1) is 0 Å². The minimum absolute atomic E-state index is 0.372. The standard InChI is InChI=1S/C6H12OS2/c1-3-6(7)4-5-9-8-2/h3-5H2,1-2H3. The van der Waals surface area contributed by atoms with Gasteiger partial charge in [0.05, 0.1) is 0 Å². The highest BCUT2D eigenvalue weighted by molar-refractivity contribution is 8.76. The summed E-state index contributed by atoms with van der Waals surface area (Å²) in [6.07, 6.45) is 3.46. The Morgan fingerprint density at radius 3 is 2.67 bits per heavy atom. The number of ketones is 1. The third-order valence-electron chi connectivity index (χ3n) is 0.976. The van der Waals surface area contributed by atoms with Crippen LogP contribution in [-0.2, 0) is 4.79 Å². The van der Waals surface area contributed by atoms with Crippen molar-refractivity contribution in [2.24, 2.45) is 0 Å². The third-order valence-corrected chi connectivity index (χ3v) is 2.79. The average Bonchev–Trinajstić information content (AvgIpc) is 1.89. The van der Waals surface area contributed by atoms with Gasteiger partial charge in [-0.2, -0.15) is 0 Å². The van der Waals surface area contributed by atoms with Crippen molar-refractivity contribution in [1.29, 1.82) is 0 Å². The molecule has 0 radical (unpaired) electrons. The summed E-state index contributed by atoms with van der Waals surface area (Å²) in [6, 6.07) is 0. The molecule has 0 spiro atoms. The van der Waals surface area contributed by atoms with Crippen molar-refractivity contribution in [2.45, 2.75) is 19.8 Å². The number of hydrogen-bond acceptors (Lipinski definition) is 3. The van der Waals surface area contributed by atoms with Crippen LogP contribution in [-0.4, -0.2) is 17.8 Å². The lowest BCUT2D eigenvalue weighted by molar-refractivity contribution is -0.118. The van der Waals surface area contributed by atoms with Gasteiger partial charge in [0.25, 0.3) is 0 Å². The van der Waals surface area contributed by atoms with E-state index in [2.05, 4.69) is 0 Å². The zero-order valence-corrected chi connectivity index (χ0v) is 7.48. The topological polar surface area (TPSA) is 17.1 Å². The number of hydrogen-bond donors (Lipinski definition) is 0. The van der Waals surface area contributed by atoms with Crippen molar-refractivity contribution in [1.82, 2.24) is 0 Å². The van der Waals surface area contributed by atoms with Gasteiger partial charge in [-0.3, -0.25) is 4.79 Å². The minimum atomic E-state index is 0.372. The molecule has 0 aliphatic carbocycles. The Morgan fingerprint density at radius 2 is 2.22 bits per heavy atom. The Balaban J connectivity index is 2.97. The Bertz CT molecular complexity index is 83.1. The minimum Gasteiger partial charge on any atom is -0.300 e. The van der Waals surface area contributed by atoms with Crippen molar-refractivity contribution < 1.29 is 4.79 Å². The first-order chi connectivity index (χ1) is 4.31. The lowest BCUT2D eigenvalue weighted by atomic mass is 10.2. The molecule has 0 rings (SSSR count). The quantitative estimate of drug-likeness (QED) is 0.458. The van der Waals surface area contributed by atoms with E-state index >= 15 is 0 Å². The van der Waals surface area contributed by atoms with Crippen LogP contribution in [0, 0.1) is 0 Å². The van der Waals surface area contributed by atoms with Crippen molar-refractivity contribution >= 4 is 27.4 Å². The van der Waals surface area contributed by atoms with E-state index in [-0.39, 0.29) is 0 Å². The molecule has 0 aromatic heterocycles. The predicted molar refractivity (Wildman–Crippen MR) is 45.9 cm³/mol. The van der Waals surface area contributed by atoms with E-state index in [1.807, 2.05) is 13.2 Å². The van der Waals surface area contributed by atoms with E-state index in [4.69, 9.17) is 0 Å². The van der Waals surface area contributed by atoms with E-state index in [0.717, 1.165) is 12.2 Å². The van der Waals surface area contributed by atoms with Gasteiger partial charge < -0.3 is 0 Å². The molecule has 0 aromatic rings. The summed E-state index contributed by atoms with van der Waals surface area (Å²) in [5.41, 5.74) is 0. The molecule has 0 bridgehead atoms. The highest BCUT2D eigenvalue weighted by Gasteiger charge is 1.95. The number of carbonyl (C=O) groups is 1. The van der Waals surface area contributed by atoms with Crippen LogP contribution in [0.1, 0.15) is 19.8 Å². The van der Waals surface area contributed by atoms with E-state index < -0.39 is 0 Å².